The lowest BCUT2D eigenvalue weighted by Crippen LogP contribution is -2.40. The quantitative estimate of drug-likeness (QED) is 0.357. The van der Waals surface area contributed by atoms with Crippen molar-refractivity contribution in [3.8, 4) is 5.75 Å². The molecule has 0 heterocycles. The normalized spacial score (nSPS) is 11.7. The minimum atomic E-state index is -4.06. The maximum absolute atomic E-state index is 13.5. The van der Waals surface area contributed by atoms with Crippen molar-refractivity contribution in [2.45, 2.75) is 18.7 Å². The molecule has 0 aliphatic heterocycles. The first-order valence-corrected chi connectivity index (χ1v) is 12.0. The molecule has 172 valence electrons. The van der Waals surface area contributed by atoms with Crippen LogP contribution in [0.5, 0.6) is 5.75 Å². The second-order valence-electron chi connectivity index (χ2n) is 6.96. The van der Waals surface area contributed by atoms with Crippen LogP contribution in [0.3, 0.4) is 0 Å². The summed E-state index contributed by atoms with van der Waals surface area (Å²) in [4.78, 5) is 12.8. The molecule has 0 fully saturated rings. The molecule has 1 amide bonds. The highest BCUT2D eigenvalue weighted by Gasteiger charge is 2.29. The Morgan fingerprint density at radius 1 is 1.00 bits per heavy atom. The predicted octanol–water partition coefficient (Wildman–Crippen LogP) is 4.47. The number of sulfonamides is 1. The highest BCUT2D eigenvalue weighted by Crippen LogP contribution is 2.32. The van der Waals surface area contributed by atoms with Crippen LogP contribution in [0, 0.1) is 0 Å². The molecule has 0 atom stereocenters. The molecule has 0 radical (unpaired) electrons. The van der Waals surface area contributed by atoms with Gasteiger partial charge in [-0.1, -0.05) is 54.1 Å². The van der Waals surface area contributed by atoms with Crippen molar-refractivity contribution in [1.29, 1.82) is 0 Å². The number of nitrogens with zero attached hydrogens (tertiary/aromatic N) is 2. The van der Waals surface area contributed by atoms with E-state index in [1.165, 1.54) is 12.1 Å². The van der Waals surface area contributed by atoms with Gasteiger partial charge < -0.3 is 4.74 Å². The Kier molecular flexibility index (Phi) is 8.08. The molecule has 0 aliphatic carbocycles. The maximum Gasteiger partial charge on any atom is 0.264 e. The van der Waals surface area contributed by atoms with Crippen LogP contribution in [-0.4, -0.2) is 33.2 Å². The molecule has 0 spiro atoms. The van der Waals surface area contributed by atoms with Crippen molar-refractivity contribution < 1.29 is 17.9 Å². The van der Waals surface area contributed by atoms with Crippen molar-refractivity contribution in [2.24, 2.45) is 5.10 Å². The lowest BCUT2D eigenvalue weighted by Gasteiger charge is -2.25. The number of para-hydroxylation sites is 2. The van der Waals surface area contributed by atoms with Gasteiger partial charge >= 0.3 is 0 Å². The molecule has 3 rings (SSSR count). The van der Waals surface area contributed by atoms with Crippen LogP contribution >= 0.6 is 11.6 Å². The minimum Gasteiger partial charge on any atom is -0.492 e. The molecule has 0 saturated carbocycles. The molecule has 3 aromatic carbocycles. The zero-order valence-electron chi connectivity index (χ0n) is 18.2. The number of carbonyl (C=O) groups excluding carboxylic acids is 1. The number of anilines is 1. The van der Waals surface area contributed by atoms with Gasteiger partial charge in [-0.05, 0) is 55.8 Å². The smallest absolute Gasteiger partial charge is 0.264 e. The van der Waals surface area contributed by atoms with Crippen molar-refractivity contribution in [3.05, 3.63) is 89.4 Å². The third kappa shape index (κ3) is 6.12. The lowest BCUT2D eigenvalue weighted by molar-refractivity contribution is -0.119. The first kappa shape index (κ1) is 24.3. The molecule has 3 aromatic rings. The number of halogens is 1. The standard InChI is InChI=1S/C24H24ClN3O4S/c1-3-32-23-12-8-7-11-22(23)28(33(30,31)21-9-5-4-6-10-21)17-24(29)27-26-18(2)19-13-15-20(25)16-14-19/h4-16H,3,17H2,1-2H3,(H,27,29)/b26-18-. The number of benzene rings is 3. The highest BCUT2D eigenvalue weighted by atomic mass is 35.5. The van der Waals surface area contributed by atoms with Crippen LogP contribution in [0.1, 0.15) is 19.4 Å². The number of hydrogen-bond acceptors (Lipinski definition) is 5. The third-order valence-corrected chi connectivity index (χ3v) is 6.69. The Balaban J connectivity index is 1.91. The topological polar surface area (TPSA) is 88.1 Å². The average molecular weight is 486 g/mol. The molecular formula is C24H24ClN3O4S. The highest BCUT2D eigenvalue weighted by molar-refractivity contribution is 7.92. The molecule has 0 saturated heterocycles. The molecule has 1 N–H and O–H groups in total. The number of amides is 1. The van der Waals surface area contributed by atoms with Crippen molar-refractivity contribution >= 4 is 38.9 Å². The van der Waals surface area contributed by atoms with Gasteiger partial charge in [0.2, 0.25) is 0 Å². The van der Waals surface area contributed by atoms with E-state index in [0.29, 0.717) is 23.1 Å². The molecule has 7 nitrogen and oxygen atoms in total. The van der Waals surface area contributed by atoms with Crippen LogP contribution in [0.25, 0.3) is 0 Å². The summed E-state index contributed by atoms with van der Waals surface area (Å²) >= 11 is 5.91. The molecular weight excluding hydrogens is 462 g/mol. The van der Waals surface area contributed by atoms with Crippen molar-refractivity contribution in [1.82, 2.24) is 5.43 Å². The number of rotatable bonds is 9. The summed E-state index contributed by atoms with van der Waals surface area (Å²) in [6.07, 6.45) is 0. The predicted molar refractivity (Wildman–Crippen MR) is 130 cm³/mol. The summed E-state index contributed by atoms with van der Waals surface area (Å²) in [5.74, 6) is -0.248. The molecule has 0 aliphatic rings. The summed E-state index contributed by atoms with van der Waals surface area (Å²) < 4.78 is 33.6. The van der Waals surface area contributed by atoms with Crippen LogP contribution in [0.2, 0.25) is 5.02 Å². The van der Waals surface area contributed by atoms with E-state index < -0.39 is 22.5 Å². The van der Waals surface area contributed by atoms with E-state index in [4.69, 9.17) is 16.3 Å². The SMILES string of the molecule is CCOc1ccccc1N(CC(=O)N/N=C(/C)c1ccc(Cl)cc1)S(=O)(=O)c1ccccc1. The number of ether oxygens (including phenoxy) is 1. The van der Waals surface area contributed by atoms with Gasteiger partial charge in [0.15, 0.2) is 0 Å². The zero-order valence-corrected chi connectivity index (χ0v) is 19.8. The van der Waals surface area contributed by atoms with Gasteiger partial charge in [0.1, 0.15) is 12.3 Å². The van der Waals surface area contributed by atoms with E-state index in [1.807, 2.05) is 0 Å². The fourth-order valence-electron chi connectivity index (χ4n) is 3.03. The van der Waals surface area contributed by atoms with Gasteiger partial charge in [0, 0.05) is 5.02 Å². The molecule has 0 unspecified atom stereocenters. The van der Waals surface area contributed by atoms with Crippen LogP contribution in [-0.2, 0) is 14.8 Å². The average Bonchev–Trinajstić information content (AvgIpc) is 2.82. The van der Waals surface area contributed by atoms with Gasteiger partial charge in [-0.25, -0.2) is 13.8 Å². The van der Waals surface area contributed by atoms with Crippen LogP contribution < -0.4 is 14.5 Å². The third-order valence-electron chi connectivity index (χ3n) is 4.66. The van der Waals surface area contributed by atoms with Crippen molar-refractivity contribution in [2.75, 3.05) is 17.5 Å². The maximum atomic E-state index is 13.5. The number of hydrazone groups is 1. The summed E-state index contributed by atoms with van der Waals surface area (Å²) in [6, 6.07) is 21.6. The second kappa shape index (κ2) is 11.0. The molecule has 33 heavy (non-hydrogen) atoms. The second-order valence-corrected chi connectivity index (χ2v) is 9.26. The summed E-state index contributed by atoms with van der Waals surface area (Å²) in [5.41, 5.74) is 4.02. The summed E-state index contributed by atoms with van der Waals surface area (Å²) in [7, 11) is -4.06. The molecule has 0 aromatic heterocycles. The summed E-state index contributed by atoms with van der Waals surface area (Å²) in [6.45, 7) is 3.38. The molecule has 9 heteroatoms. The van der Waals surface area contributed by atoms with Gasteiger partial charge in [-0.3, -0.25) is 9.10 Å². The van der Waals surface area contributed by atoms with E-state index in [-0.39, 0.29) is 10.6 Å². The first-order valence-electron chi connectivity index (χ1n) is 10.2. The Hall–Kier alpha value is -3.36. The number of hydrogen-bond donors (Lipinski definition) is 1. The zero-order chi connectivity index (χ0) is 23.8. The fraction of sp³-hybridized carbons (Fsp3) is 0.167. The largest absolute Gasteiger partial charge is 0.492 e. The summed E-state index contributed by atoms with van der Waals surface area (Å²) in [5, 5.41) is 4.69. The van der Waals surface area contributed by atoms with Gasteiger partial charge in [-0.15, -0.1) is 0 Å². The Morgan fingerprint density at radius 2 is 1.64 bits per heavy atom. The Labute approximate surface area is 198 Å². The van der Waals surface area contributed by atoms with Crippen LogP contribution in [0.15, 0.2) is 88.9 Å². The van der Waals surface area contributed by atoms with E-state index in [2.05, 4.69) is 10.5 Å². The minimum absolute atomic E-state index is 0.0601. The van der Waals surface area contributed by atoms with E-state index in [9.17, 15) is 13.2 Å². The Morgan fingerprint density at radius 3 is 2.30 bits per heavy atom. The fourth-order valence-corrected chi connectivity index (χ4v) is 4.61. The van der Waals surface area contributed by atoms with Gasteiger partial charge in [0.25, 0.3) is 15.9 Å². The Bertz CT molecular complexity index is 1230. The van der Waals surface area contributed by atoms with E-state index in [1.54, 1.807) is 80.6 Å². The lowest BCUT2D eigenvalue weighted by atomic mass is 10.1. The van der Waals surface area contributed by atoms with Crippen molar-refractivity contribution in [3.63, 3.8) is 0 Å². The van der Waals surface area contributed by atoms with Gasteiger partial charge in [-0.2, -0.15) is 5.10 Å². The monoisotopic (exact) mass is 485 g/mol. The first-order chi connectivity index (χ1) is 15.8. The van der Waals surface area contributed by atoms with Gasteiger partial charge in [0.05, 0.1) is 22.9 Å². The van der Waals surface area contributed by atoms with E-state index >= 15 is 0 Å². The number of nitrogens with one attached hydrogen (secondary N) is 1. The molecule has 0 bridgehead atoms. The van der Waals surface area contributed by atoms with Crippen LogP contribution in [0.4, 0.5) is 5.69 Å². The number of carbonyl (C=O) groups is 1. The van der Waals surface area contributed by atoms with E-state index in [0.717, 1.165) is 9.87 Å².